The molecule has 1 aromatic rings. The first-order valence-corrected chi connectivity index (χ1v) is 3.91. The molecule has 0 saturated carbocycles. The van der Waals surface area contributed by atoms with Crippen LogP contribution in [0.2, 0.25) is 0 Å². The Hall–Kier alpha value is -1.29. The highest BCUT2D eigenvalue weighted by Gasteiger charge is 2.16. The highest BCUT2D eigenvalue weighted by atomic mass is 19.1. The van der Waals surface area contributed by atoms with Crippen LogP contribution in [-0.2, 0) is 0 Å². The fraction of sp³-hybridized carbons (Fsp3) is 0.333. The second kappa shape index (κ2) is 3.22. The molecule has 72 valence electrons. The van der Waals surface area contributed by atoms with Crippen molar-refractivity contribution in [1.29, 1.82) is 0 Å². The molecule has 4 N–H and O–H groups in total. The van der Waals surface area contributed by atoms with Gasteiger partial charge in [-0.05, 0) is 25.5 Å². The van der Waals surface area contributed by atoms with Crippen molar-refractivity contribution in [3.05, 3.63) is 23.0 Å². The Kier molecular flexibility index (Phi) is 2.43. The normalized spacial score (nSPS) is 12.9. The second-order valence-corrected chi connectivity index (χ2v) is 3.08. The van der Waals surface area contributed by atoms with Crippen LogP contribution < -0.4 is 5.73 Å². The zero-order valence-electron chi connectivity index (χ0n) is 7.50. The summed E-state index contributed by atoms with van der Waals surface area (Å²) in [4.78, 5) is 0. The van der Waals surface area contributed by atoms with Crippen LogP contribution in [0.5, 0.6) is 11.5 Å². The van der Waals surface area contributed by atoms with E-state index in [4.69, 9.17) is 10.8 Å². The molecule has 0 aliphatic carbocycles. The largest absolute Gasteiger partial charge is 0.505 e. The van der Waals surface area contributed by atoms with Gasteiger partial charge in [-0.3, -0.25) is 0 Å². The number of aryl methyl sites for hydroxylation is 1. The van der Waals surface area contributed by atoms with Crippen molar-refractivity contribution in [3.8, 4) is 11.5 Å². The van der Waals surface area contributed by atoms with Gasteiger partial charge in [-0.2, -0.15) is 4.39 Å². The predicted octanol–water partition coefficient (Wildman–Crippen LogP) is 1.57. The highest BCUT2D eigenvalue weighted by Crippen LogP contribution is 2.34. The van der Waals surface area contributed by atoms with E-state index in [-0.39, 0.29) is 0 Å². The Balaban J connectivity index is 3.41. The predicted molar refractivity (Wildman–Crippen MR) is 47.1 cm³/mol. The van der Waals surface area contributed by atoms with E-state index in [9.17, 15) is 9.50 Å². The van der Waals surface area contributed by atoms with Gasteiger partial charge in [0, 0.05) is 11.6 Å². The lowest BCUT2D eigenvalue weighted by Crippen LogP contribution is -2.06. The van der Waals surface area contributed by atoms with Gasteiger partial charge in [-0.25, -0.2) is 0 Å². The molecular weight excluding hydrogens is 173 g/mol. The van der Waals surface area contributed by atoms with E-state index >= 15 is 0 Å². The van der Waals surface area contributed by atoms with Crippen LogP contribution in [0.4, 0.5) is 4.39 Å². The molecule has 0 aromatic heterocycles. The van der Waals surface area contributed by atoms with Crippen molar-refractivity contribution in [2.45, 2.75) is 19.9 Å². The first-order chi connectivity index (χ1) is 5.95. The summed E-state index contributed by atoms with van der Waals surface area (Å²) in [6, 6.07) is 1.01. The van der Waals surface area contributed by atoms with E-state index in [0.717, 1.165) is 0 Å². The first-order valence-electron chi connectivity index (χ1n) is 3.91. The van der Waals surface area contributed by atoms with Gasteiger partial charge in [0.15, 0.2) is 11.5 Å². The molecule has 13 heavy (non-hydrogen) atoms. The van der Waals surface area contributed by atoms with E-state index < -0.39 is 23.4 Å². The molecule has 0 spiro atoms. The van der Waals surface area contributed by atoms with Crippen LogP contribution in [0, 0.1) is 12.7 Å². The summed E-state index contributed by atoms with van der Waals surface area (Å²) in [5.41, 5.74) is 6.16. The molecule has 1 unspecified atom stereocenters. The molecule has 0 radical (unpaired) electrons. The second-order valence-electron chi connectivity index (χ2n) is 3.08. The van der Waals surface area contributed by atoms with Crippen molar-refractivity contribution in [1.82, 2.24) is 0 Å². The number of phenolic OH excluding ortho intramolecular Hbond substituents is 2. The Bertz CT molecular complexity index is 337. The van der Waals surface area contributed by atoms with Gasteiger partial charge in [0.05, 0.1) is 0 Å². The van der Waals surface area contributed by atoms with Gasteiger partial charge >= 0.3 is 0 Å². The fourth-order valence-corrected chi connectivity index (χ4v) is 1.13. The molecule has 1 rings (SSSR count). The van der Waals surface area contributed by atoms with E-state index in [0.29, 0.717) is 11.1 Å². The topological polar surface area (TPSA) is 66.5 Å². The lowest BCUT2D eigenvalue weighted by atomic mass is 10.0. The Morgan fingerprint density at radius 2 is 1.92 bits per heavy atom. The zero-order valence-corrected chi connectivity index (χ0v) is 7.50. The van der Waals surface area contributed by atoms with Crippen molar-refractivity contribution >= 4 is 0 Å². The van der Waals surface area contributed by atoms with E-state index in [1.165, 1.54) is 6.07 Å². The van der Waals surface area contributed by atoms with Crippen molar-refractivity contribution in [3.63, 3.8) is 0 Å². The van der Waals surface area contributed by atoms with E-state index in [1.807, 2.05) is 0 Å². The number of nitrogens with two attached hydrogens (primary N) is 1. The quantitative estimate of drug-likeness (QED) is 0.622. The van der Waals surface area contributed by atoms with E-state index in [1.54, 1.807) is 13.8 Å². The molecule has 0 amide bonds. The standard InChI is InChI=1S/C9H12FNO2/c1-4-3-6(5(2)11)9(13)7(10)8(4)12/h3,5,12-13H,11H2,1-2H3. The number of hydrogen-bond donors (Lipinski definition) is 3. The SMILES string of the molecule is Cc1cc(C(C)N)c(O)c(F)c1O. The molecule has 0 bridgehead atoms. The molecule has 1 atom stereocenters. The third-order valence-corrected chi connectivity index (χ3v) is 1.93. The third kappa shape index (κ3) is 1.58. The maximum absolute atomic E-state index is 13.1. The van der Waals surface area contributed by atoms with Gasteiger partial charge in [0.25, 0.3) is 0 Å². The van der Waals surface area contributed by atoms with Crippen LogP contribution in [0.1, 0.15) is 24.1 Å². The fourth-order valence-electron chi connectivity index (χ4n) is 1.13. The molecule has 0 aliphatic rings. The summed E-state index contributed by atoms with van der Waals surface area (Å²) in [5, 5.41) is 18.4. The summed E-state index contributed by atoms with van der Waals surface area (Å²) >= 11 is 0. The average molecular weight is 185 g/mol. The first kappa shape index (κ1) is 9.80. The Morgan fingerprint density at radius 1 is 1.38 bits per heavy atom. The number of rotatable bonds is 1. The molecule has 0 heterocycles. The third-order valence-electron chi connectivity index (χ3n) is 1.93. The molecule has 4 heteroatoms. The Morgan fingerprint density at radius 3 is 2.38 bits per heavy atom. The maximum atomic E-state index is 13.1. The Labute approximate surface area is 75.6 Å². The lowest BCUT2D eigenvalue weighted by Gasteiger charge is -2.11. The smallest absolute Gasteiger partial charge is 0.206 e. The van der Waals surface area contributed by atoms with Crippen LogP contribution >= 0.6 is 0 Å². The molecule has 0 fully saturated rings. The van der Waals surface area contributed by atoms with Gasteiger partial charge in [-0.15, -0.1) is 0 Å². The summed E-state index contributed by atoms with van der Waals surface area (Å²) in [7, 11) is 0. The van der Waals surface area contributed by atoms with E-state index in [2.05, 4.69) is 0 Å². The number of halogens is 1. The zero-order chi connectivity index (χ0) is 10.2. The minimum Gasteiger partial charge on any atom is -0.505 e. The summed E-state index contributed by atoms with van der Waals surface area (Å²) in [6.07, 6.45) is 0. The molecule has 3 nitrogen and oxygen atoms in total. The monoisotopic (exact) mass is 185 g/mol. The summed E-state index contributed by atoms with van der Waals surface area (Å²) in [6.45, 7) is 3.18. The summed E-state index contributed by atoms with van der Waals surface area (Å²) in [5.74, 6) is -2.10. The molecule has 0 aliphatic heterocycles. The lowest BCUT2D eigenvalue weighted by molar-refractivity contribution is 0.381. The highest BCUT2D eigenvalue weighted by molar-refractivity contribution is 5.47. The average Bonchev–Trinajstić information content (AvgIpc) is 2.07. The van der Waals surface area contributed by atoms with Crippen molar-refractivity contribution in [2.24, 2.45) is 5.73 Å². The molecular formula is C9H12FNO2. The number of benzene rings is 1. The van der Waals surface area contributed by atoms with Crippen molar-refractivity contribution < 1.29 is 14.6 Å². The summed E-state index contributed by atoms with van der Waals surface area (Å²) < 4.78 is 13.1. The molecule has 0 saturated heterocycles. The maximum Gasteiger partial charge on any atom is 0.206 e. The number of aromatic hydroxyl groups is 2. The van der Waals surface area contributed by atoms with Crippen LogP contribution in [0.3, 0.4) is 0 Å². The van der Waals surface area contributed by atoms with Gasteiger partial charge in [0.2, 0.25) is 5.82 Å². The number of hydrogen-bond acceptors (Lipinski definition) is 3. The van der Waals surface area contributed by atoms with Crippen molar-refractivity contribution in [2.75, 3.05) is 0 Å². The van der Waals surface area contributed by atoms with Crippen LogP contribution in [0.15, 0.2) is 6.07 Å². The van der Waals surface area contributed by atoms with Crippen LogP contribution in [-0.4, -0.2) is 10.2 Å². The van der Waals surface area contributed by atoms with Crippen LogP contribution in [0.25, 0.3) is 0 Å². The minimum absolute atomic E-state index is 0.299. The van der Waals surface area contributed by atoms with Gasteiger partial charge < -0.3 is 15.9 Å². The van der Waals surface area contributed by atoms with Gasteiger partial charge in [-0.1, -0.05) is 0 Å². The molecule has 1 aromatic carbocycles. The minimum atomic E-state index is -1.01. The number of phenols is 2. The van der Waals surface area contributed by atoms with Gasteiger partial charge in [0.1, 0.15) is 0 Å².